The summed E-state index contributed by atoms with van der Waals surface area (Å²) in [5, 5.41) is 22.5. The van der Waals surface area contributed by atoms with E-state index in [9.17, 15) is 9.90 Å². The minimum absolute atomic E-state index is 0.0127. The van der Waals surface area contributed by atoms with E-state index < -0.39 is 5.54 Å². The van der Waals surface area contributed by atoms with Crippen LogP contribution in [-0.2, 0) is 16.9 Å². The Labute approximate surface area is 144 Å². The standard InChI is InChI=1S/C18H19N3O2S/c1-21-16(23)18(14-5-6-14,20-17(21)19)15-8-13(10-24-15)12-4-2-3-11(7-12)9-22/h2-4,7-8,10,14,22H,5-6,9H2,1H3,(H2,19,20). The fourth-order valence-corrected chi connectivity index (χ4v) is 4.54. The highest BCUT2D eigenvalue weighted by Crippen LogP contribution is 2.50. The molecule has 5 nitrogen and oxygen atoms in total. The molecule has 1 aliphatic carbocycles. The van der Waals surface area contributed by atoms with Gasteiger partial charge in [0.15, 0.2) is 11.5 Å². The van der Waals surface area contributed by atoms with Crippen LogP contribution in [-0.4, -0.2) is 28.9 Å². The fraction of sp³-hybridized carbons (Fsp3) is 0.333. The van der Waals surface area contributed by atoms with Crippen molar-refractivity contribution in [3.05, 3.63) is 46.2 Å². The monoisotopic (exact) mass is 341 g/mol. The molecule has 1 saturated carbocycles. The van der Waals surface area contributed by atoms with Gasteiger partial charge in [-0.2, -0.15) is 0 Å². The minimum Gasteiger partial charge on any atom is -0.392 e. The molecule has 3 N–H and O–H groups in total. The molecule has 0 radical (unpaired) electrons. The second-order valence-electron chi connectivity index (χ2n) is 6.48. The smallest absolute Gasteiger partial charge is 0.260 e. The molecule has 1 aromatic carbocycles. The number of aliphatic hydroxyl groups is 1. The van der Waals surface area contributed by atoms with E-state index in [1.807, 2.05) is 29.6 Å². The Morgan fingerprint density at radius 3 is 2.79 bits per heavy atom. The Balaban J connectivity index is 1.75. The van der Waals surface area contributed by atoms with Gasteiger partial charge in [0.25, 0.3) is 5.91 Å². The fourth-order valence-electron chi connectivity index (χ4n) is 3.40. The van der Waals surface area contributed by atoms with Crippen LogP contribution in [0.5, 0.6) is 0 Å². The maximum Gasteiger partial charge on any atom is 0.260 e. The van der Waals surface area contributed by atoms with E-state index in [0.29, 0.717) is 0 Å². The zero-order valence-electron chi connectivity index (χ0n) is 13.4. The molecule has 2 aromatic rings. The lowest BCUT2D eigenvalue weighted by Gasteiger charge is -2.25. The first kappa shape index (κ1) is 15.4. The number of amides is 1. The molecule has 0 spiro atoms. The molecule has 6 heteroatoms. The summed E-state index contributed by atoms with van der Waals surface area (Å²) >= 11 is 1.56. The Bertz CT molecular complexity index is 827. The van der Waals surface area contributed by atoms with Crippen LogP contribution in [0.3, 0.4) is 0 Å². The van der Waals surface area contributed by atoms with Crippen LogP contribution >= 0.6 is 11.3 Å². The van der Waals surface area contributed by atoms with Gasteiger partial charge in [0.05, 0.1) is 6.61 Å². The molecule has 2 aliphatic rings. The van der Waals surface area contributed by atoms with Crippen molar-refractivity contribution in [1.29, 1.82) is 5.41 Å². The van der Waals surface area contributed by atoms with E-state index in [1.54, 1.807) is 18.4 Å². The van der Waals surface area contributed by atoms with Crippen molar-refractivity contribution in [2.45, 2.75) is 25.0 Å². The maximum atomic E-state index is 12.9. The number of hydrogen-bond acceptors (Lipinski definition) is 4. The van der Waals surface area contributed by atoms with Crippen molar-refractivity contribution < 1.29 is 9.90 Å². The number of benzene rings is 1. The molecule has 2 heterocycles. The Morgan fingerprint density at radius 2 is 2.17 bits per heavy atom. The number of likely N-dealkylation sites (N-methyl/N-ethyl adjacent to an activating group) is 1. The summed E-state index contributed by atoms with van der Waals surface area (Å²) in [6.45, 7) is 0.0127. The van der Waals surface area contributed by atoms with E-state index in [2.05, 4.69) is 11.4 Å². The summed E-state index contributed by atoms with van der Waals surface area (Å²) in [6, 6.07) is 9.84. The number of nitrogens with zero attached hydrogens (tertiary/aromatic N) is 1. The molecule has 24 heavy (non-hydrogen) atoms. The zero-order chi connectivity index (χ0) is 16.9. The van der Waals surface area contributed by atoms with Gasteiger partial charge in [0.1, 0.15) is 0 Å². The summed E-state index contributed by atoms with van der Waals surface area (Å²) in [5.41, 5.74) is 2.17. The molecule has 1 aromatic heterocycles. The second kappa shape index (κ2) is 5.43. The average Bonchev–Trinajstić information content (AvgIpc) is 3.29. The number of guanidine groups is 1. The Morgan fingerprint density at radius 1 is 1.38 bits per heavy atom. The topological polar surface area (TPSA) is 76.4 Å². The van der Waals surface area contributed by atoms with Crippen molar-refractivity contribution in [3.63, 3.8) is 0 Å². The lowest BCUT2D eigenvalue weighted by Crippen LogP contribution is -2.45. The molecular formula is C18H19N3O2S. The van der Waals surface area contributed by atoms with Crippen LogP contribution in [0.1, 0.15) is 23.3 Å². The van der Waals surface area contributed by atoms with Gasteiger partial charge in [-0.25, -0.2) is 0 Å². The van der Waals surface area contributed by atoms with Crippen molar-refractivity contribution >= 4 is 23.2 Å². The van der Waals surface area contributed by atoms with Crippen LogP contribution in [0.25, 0.3) is 11.1 Å². The number of rotatable bonds is 4. The summed E-state index contributed by atoms with van der Waals surface area (Å²) < 4.78 is 0. The molecule has 1 unspecified atom stereocenters. The first-order chi connectivity index (χ1) is 11.6. The van der Waals surface area contributed by atoms with E-state index in [0.717, 1.165) is 34.4 Å². The van der Waals surface area contributed by atoms with E-state index in [1.165, 1.54) is 4.90 Å². The molecule has 124 valence electrons. The lowest BCUT2D eigenvalue weighted by atomic mass is 9.90. The highest BCUT2D eigenvalue weighted by atomic mass is 32.1. The van der Waals surface area contributed by atoms with Crippen molar-refractivity contribution in [3.8, 4) is 11.1 Å². The molecule has 1 amide bonds. The van der Waals surface area contributed by atoms with Gasteiger partial charge in [-0.1, -0.05) is 18.2 Å². The van der Waals surface area contributed by atoms with Gasteiger partial charge in [0, 0.05) is 11.9 Å². The quantitative estimate of drug-likeness (QED) is 0.800. The van der Waals surface area contributed by atoms with Gasteiger partial charge in [-0.3, -0.25) is 15.1 Å². The van der Waals surface area contributed by atoms with Gasteiger partial charge >= 0.3 is 0 Å². The third-order valence-corrected chi connectivity index (χ3v) is 5.98. The zero-order valence-corrected chi connectivity index (χ0v) is 14.2. The van der Waals surface area contributed by atoms with E-state index in [4.69, 9.17) is 5.41 Å². The summed E-state index contributed by atoms with van der Waals surface area (Å²) in [5.74, 6) is 0.391. The number of carbonyl (C=O) groups is 1. The van der Waals surface area contributed by atoms with Gasteiger partial charge < -0.3 is 10.4 Å². The molecule has 1 aliphatic heterocycles. The maximum absolute atomic E-state index is 12.9. The molecule has 4 rings (SSSR count). The number of aliphatic hydroxyl groups excluding tert-OH is 1. The van der Waals surface area contributed by atoms with E-state index in [-0.39, 0.29) is 24.4 Å². The first-order valence-electron chi connectivity index (χ1n) is 8.00. The van der Waals surface area contributed by atoms with Crippen LogP contribution in [0.2, 0.25) is 0 Å². The Kier molecular flexibility index (Phi) is 3.47. The lowest BCUT2D eigenvalue weighted by molar-refractivity contribution is -0.131. The van der Waals surface area contributed by atoms with Crippen molar-refractivity contribution in [1.82, 2.24) is 10.2 Å². The highest BCUT2D eigenvalue weighted by molar-refractivity contribution is 7.10. The van der Waals surface area contributed by atoms with Crippen molar-refractivity contribution in [2.75, 3.05) is 7.05 Å². The Hall–Kier alpha value is -2.18. The van der Waals surface area contributed by atoms with Crippen LogP contribution in [0, 0.1) is 11.3 Å². The third-order valence-electron chi connectivity index (χ3n) is 4.91. The van der Waals surface area contributed by atoms with Crippen LogP contribution in [0.4, 0.5) is 0 Å². The summed E-state index contributed by atoms with van der Waals surface area (Å²) in [4.78, 5) is 15.2. The molecule has 1 saturated heterocycles. The van der Waals surface area contributed by atoms with Gasteiger partial charge in [-0.05, 0) is 53.0 Å². The number of carbonyl (C=O) groups excluding carboxylic acids is 1. The first-order valence-corrected chi connectivity index (χ1v) is 8.88. The van der Waals surface area contributed by atoms with Crippen LogP contribution in [0.15, 0.2) is 35.7 Å². The molecule has 0 bridgehead atoms. The predicted molar refractivity (Wildman–Crippen MR) is 93.7 cm³/mol. The van der Waals surface area contributed by atoms with Gasteiger partial charge in [0.2, 0.25) is 0 Å². The third kappa shape index (κ3) is 2.17. The minimum atomic E-state index is -0.774. The number of hydrogen-bond donors (Lipinski definition) is 3. The molecule has 1 atom stereocenters. The van der Waals surface area contributed by atoms with Gasteiger partial charge in [-0.15, -0.1) is 11.3 Å². The summed E-state index contributed by atoms with van der Waals surface area (Å²) in [7, 11) is 1.65. The summed E-state index contributed by atoms with van der Waals surface area (Å²) in [6.07, 6.45) is 2.01. The second-order valence-corrected chi connectivity index (χ2v) is 7.39. The number of thiophene rings is 1. The van der Waals surface area contributed by atoms with E-state index >= 15 is 0 Å². The predicted octanol–water partition coefficient (Wildman–Crippen LogP) is 2.51. The normalized spacial score (nSPS) is 23.7. The molecular weight excluding hydrogens is 322 g/mol. The highest BCUT2D eigenvalue weighted by Gasteiger charge is 2.59. The average molecular weight is 341 g/mol. The van der Waals surface area contributed by atoms with Crippen LogP contribution < -0.4 is 5.32 Å². The molecule has 2 fully saturated rings. The number of nitrogens with one attached hydrogen (secondary N) is 2. The van der Waals surface area contributed by atoms with Crippen molar-refractivity contribution in [2.24, 2.45) is 5.92 Å². The largest absolute Gasteiger partial charge is 0.392 e. The SMILES string of the molecule is CN1C(=N)NC(c2cc(-c3cccc(CO)c3)cs2)(C2CC2)C1=O.